The zero-order valence-corrected chi connectivity index (χ0v) is 15.9. The highest BCUT2D eigenvalue weighted by Crippen LogP contribution is 2.26. The summed E-state index contributed by atoms with van der Waals surface area (Å²) in [5.41, 5.74) is 4.41. The van der Waals surface area contributed by atoms with Gasteiger partial charge >= 0.3 is 0 Å². The highest BCUT2D eigenvalue weighted by molar-refractivity contribution is 6.30. The van der Waals surface area contributed by atoms with Crippen LogP contribution in [-0.2, 0) is 19.5 Å². The molecule has 6 heteroatoms. The second kappa shape index (κ2) is 7.94. The lowest BCUT2D eigenvalue weighted by Gasteiger charge is -2.28. The molecule has 0 saturated heterocycles. The number of ether oxygens (including phenoxy) is 1. The van der Waals surface area contributed by atoms with Gasteiger partial charge in [0.1, 0.15) is 5.75 Å². The summed E-state index contributed by atoms with van der Waals surface area (Å²) in [5, 5.41) is 4.03. The molecule has 0 fully saturated rings. The first-order valence-electron chi connectivity index (χ1n) is 8.93. The van der Waals surface area contributed by atoms with Gasteiger partial charge in [-0.3, -0.25) is 4.90 Å². The molecule has 0 bridgehead atoms. The van der Waals surface area contributed by atoms with Crippen molar-refractivity contribution >= 4 is 23.2 Å². The van der Waals surface area contributed by atoms with Crippen LogP contribution in [0.4, 0.5) is 11.6 Å². The third-order valence-corrected chi connectivity index (χ3v) is 4.94. The fourth-order valence-electron chi connectivity index (χ4n) is 3.29. The molecule has 1 N–H and O–H groups in total. The zero-order chi connectivity index (χ0) is 18.6. The minimum Gasteiger partial charge on any atom is -0.495 e. The van der Waals surface area contributed by atoms with Crippen LogP contribution in [0.25, 0.3) is 0 Å². The van der Waals surface area contributed by atoms with Gasteiger partial charge in [0, 0.05) is 42.8 Å². The van der Waals surface area contributed by atoms with E-state index in [2.05, 4.69) is 27.3 Å². The molecule has 1 aliphatic heterocycles. The fourth-order valence-corrected chi connectivity index (χ4v) is 3.41. The third kappa shape index (κ3) is 4.21. The van der Waals surface area contributed by atoms with Gasteiger partial charge in [-0.1, -0.05) is 35.9 Å². The van der Waals surface area contributed by atoms with Crippen LogP contribution in [0.2, 0.25) is 5.02 Å². The first kappa shape index (κ1) is 17.8. The number of nitrogens with zero attached hydrogens (tertiary/aromatic N) is 3. The summed E-state index contributed by atoms with van der Waals surface area (Å²) in [6.07, 6.45) is 2.83. The number of nitrogens with one attached hydrogen (secondary N) is 1. The molecule has 2 heterocycles. The molecule has 0 saturated carbocycles. The van der Waals surface area contributed by atoms with Crippen molar-refractivity contribution in [2.75, 3.05) is 19.0 Å². The van der Waals surface area contributed by atoms with E-state index in [1.807, 2.05) is 42.6 Å². The van der Waals surface area contributed by atoms with Gasteiger partial charge in [0.15, 0.2) is 0 Å². The Kier molecular flexibility index (Phi) is 5.23. The largest absolute Gasteiger partial charge is 0.495 e. The highest BCUT2D eigenvalue weighted by Gasteiger charge is 2.19. The summed E-state index contributed by atoms with van der Waals surface area (Å²) in [6.45, 7) is 2.73. The summed E-state index contributed by atoms with van der Waals surface area (Å²) in [4.78, 5) is 11.6. The van der Waals surface area contributed by atoms with Crippen LogP contribution in [0.15, 0.2) is 54.7 Å². The Labute approximate surface area is 164 Å². The molecule has 3 aromatic rings. The Hall–Kier alpha value is -2.63. The lowest BCUT2D eigenvalue weighted by Crippen LogP contribution is -2.31. The molecule has 0 atom stereocenters. The van der Waals surface area contributed by atoms with Crippen molar-refractivity contribution < 1.29 is 4.74 Å². The fraction of sp³-hybridized carbons (Fsp3) is 0.238. The maximum absolute atomic E-state index is 5.97. The minimum absolute atomic E-state index is 0.601. The molecule has 1 aliphatic rings. The van der Waals surface area contributed by atoms with Gasteiger partial charge in [0.05, 0.1) is 18.5 Å². The quantitative estimate of drug-likeness (QED) is 0.709. The topological polar surface area (TPSA) is 50.3 Å². The lowest BCUT2D eigenvalue weighted by molar-refractivity contribution is 0.243. The molecule has 5 nitrogen and oxygen atoms in total. The van der Waals surface area contributed by atoms with Crippen LogP contribution in [0.3, 0.4) is 0 Å². The Bertz CT molecular complexity index is 930. The molecule has 1 aromatic heterocycles. The number of hydrogen-bond acceptors (Lipinski definition) is 5. The van der Waals surface area contributed by atoms with E-state index in [-0.39, 0.29) is 0 Å². The van der Waals surface area contributed by atoms with E-state index in [9.17, 15) is 0 Å². The first-order valence-corrected chi connectivity index (χ1v) is 9.31. The number of benzene rings is 2. The molecule has 0 unspecified atom stereocenters. The molecule has 0 aliphatic carbocycles. The van der Waals surface area contributed by atoms with Crippen LogP contribution in [-0.4, -0.2) is 28.5 Å². The number of methoxy groups -OCH3 is 1. The first-order chi connectivity index (χ1) is 13.2. The van der Waals surface area contributed by atoms with Gasteiger partial charge in [0.25, 0.3) is 0 Å². The second-order valence-corrected chi connectivity index (χ2v) is 7.01. The molecular formula is C21H21ClN4O. The van der Waals surface area contributed by atoms with Crippen LogP contribution in [0.1, 0.15) is 16.8 Å². The maximum atomic E-state index is 5.97. The summed E-state index contributed by atoms with van der Waals surface area (Å²) in [6, 6.07) is 15.8. The Balaban J connectivity index is 1.45. The zero-order valence-electron chi connectivity index (χ0n) is 15.2. The van der Waals surface area contributed by atoms with E-state index < -0.39 is 0 Å². The number of fused-ring (bicyclic) bond motifs is 1. The average Bonchev–Trinajstić information content (AvgIpc) is 2.70. The molecule has 0 amide bonds. The Morgan fingerprint density at radius 2 is 1.96 bits per heavy atom. The molecule has 2 aromatic carbocycles. The Morgan fingerprint density at radius 1 is 1.15 bits per heavy atom. The van der Waals surface area contributed by atoms with Crippen molar-refractivity contribution in [2.45, 2.75) is 19.5 Å². The van der Waals surface area contributed by atoms with Gasteiger partial charge in [-0.15, -0.1) is 0 Å². The monoisotopic (exact) mass is 380 g/mol. The van der Waals surface area contributed by atoms with Crippen molar-refractivity contribution in [3.8, 4) is 5.75 Å². The Morgan fingerprint density at radius 3 is 2.78 bits per heavy atom. The van der Waals surface area contributed by atoms with Crippen molar-refractivity contribution in [3.63, 3.8) is 0 Å². The summed E-state index contributed by atoms with van der Waals surface area (Å²) in [5.74, 6) is 1.37. The van der Waals surface area contributed by atoms with Gasteiger partial charge in [-0.2, -0.15) is 0 Å². The average molecular weight is 381 g/mol. The van der Waals surface area contributed by atoms with Crippen molar-refractivity contribution in [2.24, 2.45) is 0 Å². The van der Waals surface area contributed by atoms with Gasteiger partial charge in [0.2, 0.25) is 5.95 Å². The lowest BCUT2D eigenvalue weighted by atomic mass is 10.1. The van der Waals surface area contributed by atoms with Crippen molar-refractivity contribution in [1.82, 2.24) is 14.9 Å². The molecule has 4 rings (SSSR count). The van der Waals surface area contributed by atoms with Crippen LogP contribution in [0.5, 0.6) is 5.75 Å². The van der Waals surface area contributed by atoms with Crippen LogP contribution >= 0.6 is 11.6 Å². The second-order valence-electron chi connectivity index (χ2n) is 6.58. The normalized spacial score (nSPS) is 13.9. The predicted octanol–water partition coefficient (Wildman–Crippen LogP) is 4.44. The molecular weight excluding hydrogens is 360 g/mol. The van der Waals surface area contributed by atoms with Gasteiger partial charge in [-0.05, 0) is 29.8 Å². The molecule has 0 spiro atoms. The van der Waals surface area contributed by atoms with Crippen LogP contribution in [0, 0.1) is 0 Å². The number of hydrogen-bond donors (Lipinski definition) is 1. The maximum Gasteiger partial charge on any atom is 0.227 e. The number of rotatable bonds is 5. The van der Waals surface area contributed by atoms with E-state index in [0.29, 0.717) is 5.95 Å². The van der Waals surface area contributed by atoms with Crippen molar-refractivity contribution in [3.05, 3.63) is 76.6 Å². The number of halogens is 1. The summed E-state index contributed by atoms with van der Waals surface area (Å²) >= 11 is 5.97. The molecule has 27 heavy (non-hydrogen) atoms. The highest BCUT2D eigenvalue weighted by atomic mass is 35.5. The van der Waals surface area contributed by atoms with Crippen LogP contribution < -0.4 is 10.1 Å². The molecule has 0 radical (unpaired) electrons. The van der Waals surface area contributed by atoms with E-state index in [1.165, 1.54) is 11.1 Å². The number of aromatic nitrogens is 2. The third-order valence-electron chi connectivity index (χ3n) is 4.69. The standard InChI is InChI=1S/C21H21ClN4O/c1-27-20-5-3-2-4-19(20)25-21-23-12-16-14-26(11-10-18(16)24-21)13-15-6-8-17(22)9-7-15/h2-9,12H,10-11,13-14H2,1H3,(H,23,24,25). The number of anilines is 2. The summed E-state index contributed by atoms with van der Waals surface area (Å²) in [7, 11) is 1.66. The van der Waals surface area contributed by atoms with Gasteiger partial charge in [-0.25, -0.2) is 9.97 Å². The molecule has 138 valence electrons. The SMILES string of the molecule is COc1ccccc1Nc1ncc2c(n1)CCN(Cc1ccc(Cl)cc1)C2. The summed E-state index contributed by atoms with van der Waals surface area (Å²) < 4.78 is 5.38. The smallest absolute Gasteiger partial charge is 0.227 e. The van der Waals surface area contributed by atoms with Gasteiger partial charge < -0.3 is 10.1 Å². The van der Waals surface area contributed by atoms with E-state index in [4.69, 9.17) is 21.3 Å². The number of para-hydroxylation sites is 2. The van der Waals surface area contributed by atoms with E-state index in [0.717, 1.165) is 48.2 Å². The minimum atomic E-state index is 0.601. The van der Waals surface area contributed by atoms with Crippen molar-refractivity contribution in [1.29, 1.82) is 0 Å². The van der Waals surface area contributed by atoms with E-state index in [1.54, 1.807) is 7.11 Å². The van der Waals surface area contributed by atoms with E-state index >= 15 is 0 Å². The predicted molar refractivity (Wildman–Crippen MR) is 108 cm³/mol.